The lowest BCUT2D eigenvalue weighted by Crippen LogP contribution is -2.45. The van der Waals surface area contributed by atoms with Crippen molar-refractivity contribution in [2.75, 3.05) is 26.0 Å². The molecule has 1 rings (SSSR count). The van der Waals surface area contributed by atoms with Gasteiger partial charge in [0, 0.05) is 38.8 Å². The van der Waals surface area contributed by atoms with Crippen LogP contribution in [-0.4, -0.2) is 59.9 Å². The van der Waals surface area contributed by atoms with E-state index < -0.39 is 13.7 Å². The molecule has 0 fully saturated rings. The Bertz CT molecular complexity index is 527. The number of nitrogens with zero attached hydrogens (tertiary/aromatic N) is 1. The minimum Gasteiger partial charge on any atom is -0.359 e. The lowest BCUT2D eigenvalue weighted by atomic mass is 10.0. The summed E-state index contributed by atoms with van der Waals surface area (Å²) in [6, 6.07) is 0. The molecule has 1 atom stereocenters. The molecule has 0 aliphatic carbocycles. The summed E-state index contributed by atoms with van der Waals surface area (Å²) in [5.74, 6) is -0.892. The number of rotatable bonds is 10. The van der Waals surface area contributed by atoms with Gasteiger partial charge in [-0.15, -0.1) is 0 Å². The lowest BCUT2D eigenvalue weighted by Gasteiger charge is -2.27. The fourth-order valence-corrected chi connectivity index (χ4v) is 3.30. The van der Waals surface area contributed by atoms with Crippen LogP contribution in [0.25, 0.3) is 0 Å². The summed E-state index contributed by atoms with van der Waals surface area (Å²) in [6.45, 7) is 7.73. The number of carbonyl (C=O) groups excluding carboxylic acids is 4. The van der Waals surface area contributed by atoms with Crippen LogP contribution in [-0.2, 0) is 23.7 Å². The standard InChI is InChI=1S/C16H25N2O5P/c1-12(19)11-24(4)23-10-8-16(2,3)17-13(20)7-9-18-14(21)5-6-15(18)22/h5-6H,7-11H2,1-4H3,(H,17,20). The largest absolute Gasteiger partial charge is 0.359 e. The Kier molecular flexibility index (Phi) is 7.70. The van der Waals surface area contributed by atoms with E-state index in [4.69, 9.17) is 4.52 Å². The molecule has 1 heterocycles. The first-order chi connectivity index (χ1) is 11.1. The first-order valence-corrected chi connectivity index (χ1v) is 9.68. The third-order valence-corrected chi connectivity index (χ3v) is 4.94. The average Bonchev–Trinajstić information content (AvgIpc) is 2.74. The monoisotopic (exact) mass is 356 g/mol. The molecule has 0 aromatic heterocycles. The number of hydrogen-bond acceptors (Lipinski definition) is 5. The van der Waals surface area contributed by atoms with Gasteiger partial charge in [-0.25, -0.2) is 0 Å². The molecule has 24 heavy (non-hydrogen) atoms. The Morgan fingerprint density at radius 3 is 2.38 bits per heavy atom. The molecule has 1 N–H and O–H groups in total. The van der Waals surface area contributed by atoms with Gasteiger partial charge in [-0.2, -0.15) is 0 Å². The van der Waals surface area contributed by atoms with E-state index in [0.29, 0.717) is 19.2 Å². The van der Waals surface area contributed by atoms with Gasteiger partial charge in [0.25, 0.3) is 11.8 Å². The van der Waals surface area contributed by atoms with E-state index in [1.807, 2.05) is 20.5 Å². The molecule has 1 aliphatic heterocycles. The zero-order valence-corrected chi connectivity index (χ0v) is 15.5. The molecule has 1 aliphatic rings. The Labute approximate surface area is 143 Å². The number of amides is 3. The zero-order valence-electron chi connectivity index (χ0n) is 14.6. The van der Waals surface area contributed by atoms with Crippen molar-refractivity contribution in [1.82, 2.24) is 10.2 Å². The molecular formula is C16H25N2O5P. The van der Waals surface area contributed by atoms with Crippen LogP contribution in [0.2, 0.25) is 0 Å². The van der Waals surface area contributed by atoms with Crippen LogP contribution in [0.5, 0.6) is 0 Å². The van der Waals surface area contributed by atoms with Crippen molar-refractivity contribution in [3.8, 4) is 0 Å². The fraction of sp³-hybridized carbons (Fsp3) is 0.625. The molecular weight excluding hydrogens is 331 g/mol. The van der Waals surface area contributed by atoms with Crippen molar-refractivity contribution in [1.29, 1.82) is 0 Å². The molecule has 0 aromatic carbocycles. The minimum absolute atomic E-state index is 0.0638. The minimum atomic E-state index is -0.767. The number of ketones is 1. The van der Waals surface area contributed by atoms with Gasteiger partial charge in [0.05, 0.1) is 12.8 Å². The Morgan fingerprint density at radius 2 is 1.83 bits per heavy atom. The van der Waals surface area contributed by atoms with Gasteiger partial charge in [-0.3, -0.25) is 24.1 Å². The Balaban J connectivity index is 2.30. The van der Waals surface area contributed by atoms with E-state index in [2.05, 4.69) is 5.32 Å². The molecule has 134 valence electrons. The van der Waals surface area contributed by atoms with E-state index in [1.54, 1.807) is 0 Å². The van der Waals surface area contributed by atoms with Crippen LogP contribution < -0.4 is 5.32 Å². The second-order valence-electron chi connectivity index (χ2n) is 6.41. The third kappa shape index (κ3) is 7.32. The van der Waals surface area contributed by atoms with Crippen molar-refractivity contribution in [2.24, 2.45) is 0 Å². The van der Waals surface area contributed by atoms with Crippen LogP contribution in [0, 0.1) is 0 Å². The molecule has 0 aromatic rings. The molecule has 1 unspecified atom stereocenters. The number of nitrogens with one attached hydrogen (secondary N) is 1. The fourth-order valence-electron chi connectivity index (χ4n) is 2.18. The van der Waals surface area contributed by atoms with Crippen LogP contribution >= 0.6 is 8.15 Å². The van der Waals surface area contributed by atoms with Crippen LogP contribution in [0.4, 0.5) is 0 Å². The predicted octanol–water partition coefficient (Wildman–Crippen LogP) is 1.22. The summed E-state index contributed by atoms with van der Waals surface area (Å²) in [7, 11) is -0.767. The van der Waals surface area contributed by atoms with E-state index in [9.17, 15) is 19.2 Å². The van der Waals surface area contributed by atoms with Crippen LogP contribution in [0.15, 0.2) is 12.2 Å². The molecule has 0 saturated heterocycles. The smallest absolute Gasteiger partial charge is 0.253 e. The Hall–Kier alpha value is -1.59. The Morgan fingerprint density at radius 1 is 1.25 bits per heavy atom. The maximum absolute atomic E-state index is 12.0. The van der Waals surface area contributed by atoms with Crippen LogP contribution in [0.3, 0.4) is 0 Å². The van der Waals surface area contributed by atoms with Gasteiger partial charge < -0.3 is 9.84 Å². The van der Waals surface area contributed by atoms with Crippen molar-refractivity contribution < 1.29 is 23.7 Å². The summed E-state index contributed by atoms with van der Waals surface area (Å²) in [4.78, 5) is 46.9. The van der Waals surface area contributed by atoms with Crippen molar-refractivity contribution in [3.63, 3.8) is 0 Å². The van der Waals surface area contributed by atoms with E-state index >= 15 is 0 Å². The second kappa shape index (κ2) is 9.04. The number of hydrogen-bond donors (Lipinski definition) is 1. The quantitative estimate of drug-likeness (QED) is 0.469. The maximum Gasteiger partial charge on any atom is 0.253 e. The summed E-state index contributed by atoms with van der Waals surface area (Å²) in [5.41, 5.74) is -0.471. The van der Waals surface area contributed by atoms with E-state index in [-0.39, 0.29) is 36.5 Å². The highest BCUT2D eigenvalue weighted by atomic mass is 31.1. The predicted molar refractivity (Wildman–Crippen MR) is 91.7 cm³/mol. The van der Waals surface area contributed by atoms with Crippen LogP contribution in [0.1, 0.15) is 33.6 Å². The first-order valence-electron chi connectivity index (χ1n) is 7.79. The normalized spacial score (nSPS) is 15.8. The van der Waals surface area contributed by atoms with Gasteiger partial charge in [0.2, 0.25) is 5.91 Å². The third-order valence-electron chi connectivity index (χ3n) is 3.42. The molecule has 3 amide bonds. The molecule has 8 heteroatoms. The highest BCUT2D eigenvalue weighted by molar-refractivity contribution is 7.52. The summed E-state index contributed by atoms with van der Waals surface area (Å²) in [6.07, 6.45) is 3.51. The topological polar surface area (TPSA) is 92.8 Å². The van der Waals surface area contributed by atoms with Gasteiger partial charge >= 0.3 is 0 Å². The van der Waals surface area contributed by atoms with Crippen molar-refractivity contribution in [2.45, 2.75) is 39.2 Å². The van der Waals surface area contributed by atoms with Gasteiger partial charge in [-0.1, -0.05) is 0 Å². The molecule has 0 radical (unpaired) electrons. The average molecular weight is 356 g/mol. The highest BCUT2D eigenvalue weighted by Gasteiger charge is 2.25. The van der Waals surface area contributed by atoms with E-state index in [0.717, 1.165) is 4.90 Å². The van der Waals surface area contributed by atoms with Crippen molar-refractivity contribution >= 4 is 31.7 Å². The summed E-state index contributed by atoms with van der Waals surface area (Å²) in [5, 5.41) is 2.88. The SMILES string of the molecule is CC(=O)CP(C)OCCC(C)(C)NC(=O)CCN1C(=O)C=CC1=O. The second-order valence-corrected chi connectivity index (χ2v) is 8.24. The zero-order chi connectivity index (χ0) is 18.3. The maximum atomic E-state index is 12.0. The van der Waals surface area contributed by atoms with E-state index in [1.165, 1.54) is 19.1 Å². The number of Topliss-reactive ketones (excluding diaryl/α,β-unsaturated/α-hetero) is 1. The van der Waals surface area contributed by atoms with Gasteiger partial charge in [0.15, 0.2) is 0 Å². The number of imide groups is 1. The number of carbonyl (C=O) groups is 4. The highest BCUT2D eigenvalue weighted by Crippen LogP contribution is 2.32. The van der Waals surface area contributed by atoms with Gasteiger partial charge in [-0.05, 0) is 33.9 Å². The lowest BCUT2D eigenvalue weighted by molar-refractivity contribution is -0.137. The summed E-state index contributed by atoms with van der Waals surface area (Å²) < 4.78 is 5.63. The van der Waals surface area contributed by atoms with Crippen molar-refractivity contribution in [3.05, 3.63) is 12.2 Å². The molecule has 0 spiro atoms. The molecule has 7 nitrogen and oxygen atoms in total. The van der Waals surface area contributed by atoms with Gasteiger partial charge in [0.1, 0.15) is 5.78 Å². The molecule has 0 saturated carbocycles. The molecule has 0 bridgehead atoms. The summed E-state index contributed by atoms with van der Waals surface area (Å²) >= 11 is 0. The first kappa shape index (κ1) is 20.5.